The fourth-order valence-electron chi connectivity index (χ4n) is 6.88. The Bertz CT molecular complexity index is 1040. The average Bonchev–Trinajstić information content (AvgIpc) is 3.35. The van der Waals surface area contributed by atoms with Gasteiger partial charge in [-0.25, -0.2) is 0 Å². The second kappa shape index (κ2) is 5.02. The van der Waals surface area contributed by atoms with E-state index in [0.29, 0.717) is 17.8 Å². The topological polar surface area (TPSA) is 0 Å². The van der Waals surface area contributed by atoms with Crippen LogP contribution in [0.1, 0.15) is 56.7 Å². The predicted octanol–water partition coefficient (Wildman–Crippen LogP) is 6.36. The molecule has 0 heteroatoms. The minimum Gasteiger partial charge on any atom is -0.0622 e. The van der Waals surface area contributed by atoms with Gasteiger partial charge in [-0.1, -0.05) is 103 Å². The molecule has 7 rings (SSSR count). The molecule has 0 saturated carbocycles. The molecular formula is C28H20. The summed E-state index contributed by atoms with van der Waals surface area (Å²) in [4.78, 5) is 0. The normalized spacial score (nSPS) is 27.8. The van der Waals surface area contributed by atoms with Crippen LogP contribution in [0.15, 0.2) is 103 Å². The zero-order valence-corrected chi connectivity index (χ0v) is 15.5. The molecular weight excluding hydrogens is 336 g/mol. The molecule has 0 N–H and O–H groups in total. The van der Waals surface area contributed by atoms with Gasteiger partial charge < -0.3 is 0 Å². The van der Waals surface area contributed by atoms with Crippen molar-refractivity contribution >= 4 is 0 Å². The second-order valence-corrected chi connectivity index (χ2v) is 8.48. The zero-order valence-electron chi connectivity index (χ0n) is 15.5. The molecule has 3 aliphatic rings. The van der Waals surface area contributed by atoms with Crippen LogP contribution in [0, 0.1) is 0 Å². The Kier molecular flexibility index (Phi) is 2.67. The van der Waals surface area contributed by atoms with Gasteiger partial charge in [-0.15, -0.1) is 0 Å². The van der Waals surface area contributed by atoms with Crippen molar-refractivity contribution in [3.8, 4) is 0 Å². The van der Waals surface area contributed by atoms with E-state index >= 15 is 0 Å². The Morgan fingerprint density at radius 3 is 0.964 bits per heavy atom. The van der Waals surface area contributed by atoms with Crippen molar-refractivity contribution in [2.45, 2.75) is 23.2 Å². The van der Waals surface area contributed by atoms with E-state index in [9.17, 15) is 0 Å². The summed E-state index contributed by atoms with van der Waals surface area (Å²) in [6, 6.07) is 38.9. The van der Waals surface area contributed by atoms with Gasteiger partial charge in [-0.3, -0.25) is 0 Å². The molecule has 0 aromatic heterocycles. The third-order valence-electron chi connectivity index (χ3n) is 7.56. The molecule has 0 atom stereocenters. The lowest BCUT2D eigenvalue weighted by atomic mass is 9.64. The minimum absolute atomic E-state index is 0.0539. The number of benzene rings is 4. The van der Waals surface area contributed by atoms with Crippen LogP contribution in [-0.4, -0.2) is 0 Å². The molecule has 0 saturated heterocycles. The van der Waals surface area contributed by atoms with Crippen molar-refractivity contribution in [3.63, 3.8) is 0 Å². The molecule has 0 radical (unpaired) electrons. The smallest absolute Gasteiger partial charge is 0.0281 e. The standard InChI is InChI=1S/C28H20/c1-2-10-18(11-3-1)28-25-19-12-4-5-13-20(19)26(28)23-16-8-9-17-24(23)27(28)22-15-7-6-14-21(22)25/h1-17,25-27H. The first-order valence-corrected chi connectivity index (χ1v) is 10.2. The summed E-state index contributed by atoms with van der Waals surface area (Å²) in [6.07, 6.45) is 0. The van der Waals surface area contributed by atoms with Crippen LogP contribution in [0.3, 0.4) is 0 Å². The van der Waals surface area contributed by atoms with Gasteiger partial charge in [0.05, 0.1) is 0 Å². The summed E-state index contributed by atoms with van der Waals surface area (Å²) in [7, 11) is 0. The molecule has 132 valence electrons. The lowest BCUT2D eigenvalue weighted by Gasteiger charge is -2.37. The van der Waals surface area contributed by atoms with Crippen LogP contribution in [0.4, 0.5) is 0 Å². The fourth-order valence-corrected chi connectivity index (χ4v) is 6.88. The third kappa shape index (κ3) is 1.49. The molecule has 0 amide bonds. The van der Waals surface area contributed by atoms with Crippen molar-refractivity contribution in [1.82, 2.24) is 0 Å². The number of hydrogen-bond donors (Lipinski definition) is 0. The number of rotatable bonds is 1. The fraction of sp³-hybridized carbons (Fsp3) is 0.143. The molecule has 28 heavy (non-hydrogen) atoms. The van der Waals surface area contributed by atoms with Gasteiger partial charge in [0.2, 0.25) is 0 Å². The molecule has 4 aromatic rings. The number of fused-ring (bicyclic) bond motifs is 9. The van der Waals surface area contributed by atoms with Crippen LogP contribution < -0.4 is 0 Å². The predicted molar refractivity (Wildman–Crippen MR) is 113 cm³/mol. The molecule has 0 fully saturated rings. The van der Waals surface area contributed by atoms with E-state index in [2.05, 4.69) is 103 Å². The Hall–Kier alpha value is -3.12. The van der Waals surface area contributed by atoms with Gasteiger partial charge in [-0.2, -0.15) is 0 Å². The van der Waals surface area contributed by atoms with E-state index in [0.717, 1.165) is 0 Å². The van der Waals surface area contributed by atoms with Crippen molar-refractivity contribution in [1.29, 1.82) is 0 Å². The second-order valence-electron chi connectivity index (χ2n) is 8.48. The lowest BCUT2D eigenvalue weighted by molar-refractivity contribution is 0.386. The first-order chi connectivity index (χ1) is 13.9. The van der Waals surface area contributed by atoms with Gasteiger partial charge in [0.25, 0.3) is 0 Å². The highest BCUT2D eigenvalue weighted by Crippen LogP contribution is 2.76. The van der Waals surface area contributed by atoms with Crippen molar-refractivity contribution in [2.75, 3.05) is 0 Å². The van der Waals surface area contributed by atoms with Gasteiger partial charge in [0, 0.05) is 23.2 Å². The summed E-state index contributed by atoms with van der Waals surface area (Å²) in [5, 5.41) is 0. The molecule has 0 bridgehead atoms. The SMILES string of the molecule is c1ccc(C23C4c5ccccc5C2c2ccccc2C3c2ccccc24)cc1. The Balaban J connectivity index is 1.70. The van der Waals surface area contributed by atoms with Crippen molar-refractivity contribution in [2.24, 2.45) is 0 Å². The number of hydrogen-bond acceptors (Lipinski definition) is 0. The van der Waals surface area contributed by atoms with Crippen LogP contribution >= 0.6 is 0 Å². The Morgan fingerprint density at radius 1 is 0.357 bits per heavy atom. The Morgan fingerprint density at radius 2 is 0.643 bits per heavy atom. The lowest BCUT2D eigenvalue weighted by Crippen LogP contribution is -2.33. The van der Waals surface area contributed by atoms with Crippen LogP contribution in [0.2, 0.25) is 0 Å². The molecule has 0 unspecified atom stereocenters. The highest BCUT2D eigenvalue weighted by molar-refractivity contribution is 5.73. The maximum atomic E-state index is 2.38. The molecule has 0 heterocycles. The zero-order chi connectivity index (χ0) is 18.3. The summed E-state index contributed by atoms with van der Waals surface area (Å²) >= 11 is 0. The van der Waals surface area contributed by atoms with Gasteiger partial charge in [0.15, 0.2) is 0 Å². The summed E-state index contributed by atoms with van der Waals surface area (Å²) in [5.74, 6) is 1.26. The molecule has 0 aliphatic heterocycles. The van der Waals surface area contributed by atoms with Crippen LogP contribution in [-0.2, 0) is 5.41 Å². The monoisotopic (exact) mass is 356 g/mol. The summed E-state index contributed by atoms with van der Waals surface area (Å²) in [5.41, 5.74) is 10.7. The first-order valence-electron chi connectivity index (χ1n) is 10.2. The van der Waals surface area contributed by atoms with Gasteiger partial charge in [-0.05, 0) is 38.9 Å². The molecule has 0 nitrogen and oxygen atoms in total. The maximum Gasteiger partial charge on any atom is 0.0281 e. The first kappa shape index (κ1) is 14.9. The van der Waals surface area contributed by atoms with Crippen LogP contribution in [0.25, 0.3) is 0 Å². The summed E-state index contributed by atoms with van der Waals surface area (Å²) in [6.45, 7) is 0. The summed E-state index contributed by atoms with van der Waals surface area (Å²) < 4.78 is 0. The van der Waals surface area contributed by atoms with E-state index in [1.54, 1.807) is 0 Å². The highest BCUT2D eigenvalue weighted by Gasteiger charge is 2.67. The van der Waals surface area contributed by atoms with E-state index < -0.39 is 0 Å². The van der Waals surface area contributed by atoms with Crippen molar-refractivity contribution in [3.05, 3.63) is 142 Å². The minimum atomic E-state index is 0.0539. The van der Waals surface area contributed by atoms with Crippen molar-refractivity contribution < 1.29 is 0 Å². The van der Waals surface area contributed by atoms with Gasteiger partial charge >= 0.3 is 0 Å². The quantitative estimate of drug-likeness (QED) is 0.372. The molecule has 0 spiro atoms. The Labute approximate surface area is 165 Å². The maximum absolute atomic E-state index is 2.38. The molecule has 3 aliphatic carbocycles. The average molecular weight is 356 g/mol. The largest absolute Gasteiger partial charge is 0.0622 e. The van der Waals surface area contributed by atoms with E-state index in [4.69, 9.17) is 0 Å². The molecule has 4 aromatic carbocycles. The van der Waals surface area contributed by atoms with E-state index in [1.165, 1.54) is 38.9 Å². The van der Waals surface area contributed by atoms with Gasteiger partial charge in [0.1, 0.15) is 0 Å². The van der Waals surface area contributed by atoms with E-state index in [1.807, 2.05) is 0 Å². The van der Waals surface area contributed by atoms with E-state index in [-0.39, 0.29) is 5.41 Å². The van der Waals surface area contributed by atoms with Crippen LogP contribution in [0.5, 0.6) is 0 Å². The highest BCUT2D eigenvalue weighted by atomic mass is 14.7. The third-order valence-corrected chi connectivity index (χ3v) is 7.56.